The molecule has 0 amide bonds. The normalized spacial score (nSPS) is 11.2. The highest BCUT2D eigenvalue weighted by molar-refractivity contribution is 5.90. The number of rotatable bonds is 7. The standard InChI is InChI=1S/C50H32N6/c1-3-7-39-21-41(19-17-33(39)5-1)48-26-49(42-20-18-34-6-2-4-8-40(34)22-42)56-50(55-48)45-24-43(35-9-13-37(14-10-35)46-27-51-31-52-28-46)23-44(25-45)36-11-15-38(16-12-36)47-29-53-32-54-30-47/h1-32H. The minimum Gasteiger partial charge on any atom is -0.244 e. The van der Waals surface area contributed by atoms with Crippen LogP contribution >= 0.6 is 0 Å². The maximum Gasteiger partial charge on any atom is 0.160 e. The minimum atomic E-state index is 0.651. The Morgan fingerprint density at radius 3 is 1.04 bits per heavy atom. The van der Waals surface area contributed by atoms with Gasteiger partial charge < -0.3 is 0 Å². The van der Waals surface area contributed by atoms with Crippen molar-refractivity contribution in [2.24, 2.45) is 0 Å². The van der Waals surface area contributed by atoms with Crippen LogP contribution in [0.2, 0.25) is 0 Å². The van der Waals surface area contributed by atoms with Gasteiger partial charge in [0.1, 0.15) is 12.7 Å². The summed E-state index contributed by atoms with van der Waals surface area (Å²) in [5, 5.41) is 4.71. The Labute approximate surface area is 324 Å². The van der Waals surface area contributed by atoms with E-state index in [4.69, 9.17) is 9.97 Å². The third-order valence-corrected chi connectivity index (χ3v) is 10.2. The second kappa shape index (κ2) is 14.3. The molecule has 0 spiro atoms. The van der Waals surface area contributed by atoms with Gasteiger partial charge in [-0.1, -0.05) is 121 Å². The fourth-order valence-corrected chi connectivity index (χ4v) is 7.27. The average molecular weight is 717 g/mol. The van der Waals surface area contributed by atoms with Crippen molar-refractivity contribution in [1.82, 2.24) is 29.9 Å². The summed E-state index contributed by atoms with van der Waals surface area (Å²) in [6.07, 6.45) is 10.4. The monoisotopic (exact) mass is 716 g/mol. The van der Waals surface area contributed by atoms with Crippen LogP contribution < -0.4 is 0 Å². The van der Waals surface area contributed by atoms with Crippen molar-refractivity contribution in [3.05, 3.63) is 195 Å². The molecule has 56 heavy (non-hydrogen) atoms. The Morgan fingerprint density at radius 2 is 0.607 bits per heavy atom. The highest BCUT2D eigenvalue weighted by atomic mass is 14.9. The third-order valence-electron chi connectivity index (χ3n) is 10.2. The first kappa shape index (κ1) is 32.9. The second-order valence-electron chi connectivity index (χ2n) is 13.8. The molecule has 3 heterocycles. The molecule has 0 N–H and O–H groups in total. The molecule has 6 nitrogen and oxygen atoms in total. The lowest BCUT2D eigenvalue weighted by Gasteiger charge is -2.14. The SMILES string of the molecule is c1ccc2cc(-c3cc(-c4ccc5ccccc5c4)nc(-c4cc(-c5ccc(-c6cncnc6)cc5)cc(-c5ccc(-c6cncnc6)cc5)c4)n3)ccc2c1. The Balaban J connectivity index is 1.15. The van der Waals surface area contributed by atoms with Crippen LogP contribution in [0, 0.1) is 0 Å². The predicted molar refractivity (Wildman–Crippen MR) is 226 cm³/mol. The van der Waals surface area contributed by atoms with Gasteiger partial charge in [0, 0.05) is 52.6 Å². The van der Waals surface area contributed by atoms with Crippen molar-refractivity contribution in [2.75, 3.05) is 0 Å². The van der Waals surface area contributed by atoms with Crippen LogP contribution in [0.25, 0.3) is 100.0 Å². The van der Waals surface area contributed by atoms with Crippen LogP contribution in [0.1, 0.15) is 0 Å². The van der Waals surface area contributed by atoms with E-state index in [1.165, 1.54) is 10.8 Å². The first-order valence-electron chi connectivity index (χ1n) is 18.4. The zero-order chi connectivity index (χ0) is 37.3. The van der Waals surface area contributed by atoms with Crippen molar-refractivity contribution in [2.45, 2.75) is 0 Å². The van der Waals surface area contributed by atoms with Gasteiger partial charge in [0.25, 0.3) is 0 Å². The largest absolute Gasteiger partial charge is 0.244 e. The van der Waals surface area contributed by atoms with Crippen molar-refractivity contribution in [3.8, 4) is 78.4 Å². The summed E-state index contributed by atoms with van der Waals surface area (Å²) in [5.74, 6) is 0.651. The van der Waals surface area contributed by atoms with Gasteiger partial charge >= 0.3 is 0 Å². The highest BCUT2D eigenvalue weighted by Crippen LogP contribution is 2.36. The van der Waals surface area contributed by atoms with E-state index in [9.17, 15) is 0 Å². The minimum absolute atomic E-state index is 0.651. The number of hydrogen-bond acceptors (Lipinski definition) is 6. The molecule has 0 radical (unpaired) electrons. The topological polar surface area (TPSA) is 77.3 Å². The number of hydrogen-bond donors (Lipinski definition) is 0. The lowest BCUT2D eigenvalue weighted by molar-refractivity contribution is 1.17. The number of benzene rings is 7. The molecule has 262 valence electrons. The molecule has 6 heteroatoms. The van der Waals surface area contributed by atoms with Gasteiger partial charge in [0.15, 0.2) is 5.82 Å². The van der Waals surface area contributed by atoms with E-state index in [1.54, 1.807) is 12.7 Å². The summed E-state index contributed by atoms with van der Waals surface area (Å²) in [6.45, 7) is 0. The predicted octanol–water partition coefficient (Wildman–Crippen LogP) is 12.0. The summed E-state index contributed by atoms with van der Waals surface area (Å²) in [7, 11) is 0. The number of fused-ring (bicyclic) bond motifs is 2. The van der Waals surface area contributed by atoms with Crippen molar-refractivity contribution >= 4 is 21.5 Å². The second-order valence-corrected chi connectivity index (χ2v) is 13.8. The Morgan fingerprint density at radius 1 is 0.250 bits per heavy atom. The highest BCUT2D eigenvalue weighted by Gasteiger charge is 2.15. The van der Waals surface area contributed by atoms with Gasteiger partial charge in [-0.3, -0.25) is 0 Å². The van der Waals surface area contributed by atoms with E-state index in [1.807, 2.05) is 24.8 Å². The van der Waals surface area contributed by atoms with Crippen molar-refractivity contribution in [3.63, 3.8) is 0 Å². The Bertz CT molecular complexity index is 2800. The average Bonchev–Trinajstić information content (AvgIpc) is 3.29. The van der Waals surface area contributed by atoms with Gasteiger partial charge in [0.05, 0.1) is 11.4 Å². The zero-order valence-corrected chi connectivity index (χ0v) is 30.2. The summed E-state index contributed by atoms with van der Waals surface area (Å²) in [5.41, 5.74) is 13.0. The van der Waals surface area contributed by atoms with Crippen LogP contribution in [0.4, 0.5) is 0 Å². The van der Waals surface area contributed by atoms with Gasteiger partial charge in [-0.15, -0.1) is 0 Å². The van der Waals surface area contributed by atoms with E-state index in [-0.39, 0.29) is 0 Å². The lowest BCUT2D eigenvalue weighted by Crippen LogP contribution is -1.97. The summed E-state index contributed by atoms with van der Waals surface area (Å²) < 4.78 is 0. The van der Waals surface area contributed by atoms with Gasteiger partial charge in [0.2, 0.25) is 0 Å². The van der Waals surface area contributed by atoms with Crippen LogP contribution in [0.5, 0.6) is 0 Å². The van der Waals surface area contributed by atoms with E-state index >= 15 is 0 Å². The Hall–Kier alpha value is -7.70. The molecule has 10 aromatic rings. The molecular weight excluding hydrogens is 685 g/mol. The van der Waals surface area contributed by atoms with Crippen molar-refractivity contribution < 1.29 is 0 Å². The van der Waals surface area contributed by atoms with E-state index in [0.29, 0.717) is 5.82 Å². The van der Waals surface area contributed by atoms with Gasteiger partial charge in [-0.25, -0.2) is 29.9 Å². The molecule has 0 aliphatic rings. The molecule has 0 unspecified atom stereocenters. The molecule has 0 fully saturated rings. The van der Waals surface area contributed by atoms with Gasteiger partial charge in [-0.05, 0) is 91.3 Å². The maximum atomic E-state index is 5.31. The summed E-state index contributed by atoms with van der Waals surface area (Å²) in [4.78, 5) is 27.5. The zero-order valence-electron chi connectivity index (χ0n) is 30.2. The van der Waals surface area contributed by atoms with E-state index in [2.05, 4.69) is 178 Å². The van der Waals surface area contributed by atoms with E-state index < -0.39 is 0 Å². The summed E-state index contributed by atoms with van der Waals surface area (Å²) in [6, 6.07) is 55.7. The molecule has 10 rings (SSSR count). The van der Waals surface area contributed by atoms with Crippen LogP contribution in [-0.4, -0.2) is 29.9 Å². The molecule has 7 aromatic carbocycles. The fraction of sp³-hybridized carbons (Fsp3) is 0. The molecule has 3 aromatic heterocycles. The molecular formula is C50H32N6. The Kier molecular flexibility index (Phi) is 8.39. The molecule has 0 atom stereocenters. The summed E-state index contributed by atoms with van der Waals surface area (Å²) >= 11 is 0. The first-order valence-corrected chi connectivity index (χ1v) is 18.4. The molecule has 0 saturated carbocycles. The molecule has 0 bridgehead atoms. The smallest absolute Gasteiger partial charge is 0.160 e. The fourth-order valence-electron chi connectivity index (χ4n) is 7.27. The van der Waals surface area contributed by atoms with Gasteiger partial charge in [-0.2, -0.15) is 0 Å². The lowest BCUT2D eigenvalue weighted by atomic mass is 9.94. The number of aromatic nitrogens is 6. The van der Waals surface area contributed by atoms with Crippen molar-refractivity contribution in [1.29, 1.82) is 0 Å². The molecule has 0 aliphatic heterocycles. The quantitative estimate of drug-likeness (QED) is 0.163. The third kappa shape index (κ3) is 6.57. The van der Waals surface area contributed by atoms with Crippen LogP contribution in [-0.2, 0) is 0 Å². The maximum absolute atomic E-state index is 5.31. The van der Waals surface area contributed by atoms with Crippen LogP contribution in [0.3, 0.4) is 0 Å². The molecule has 0 saturated heterocycles. The van der Waals surface area contributed by atoms with Crippen LogP contribution in [0.15, 0.2) is 195 Å². The molecule has 0 aliphatic carbocycles. The first-order chi connectivity index (χ1) is 27.7. The van der Waals surface area contributed by atoms with E-state index in [0.717, 1.165) is 83.4 Å². The number of nitrogens with zero attached hydrogens (tertiary/aromatic N) is 6.